The first-order valence-electron chi connectivity index (χ1n) is 10.8. The third-order valence-electron chi connectivity index (χ3n) is 5.35. The number of nitrogens with zero attached hydrogens (tertiary/aromatic N) is 1. The standard InChI is InChI=1S/C25H32N2O4/c1-25(2,3)31-24(30)26-20(16-18-10-6-4-7-11-18)23(29)27-15-14-22(28)21(27)17-19-12-8-5-9-13-19/h4-13,20-22,28H,14-17H2,1-3H3,(H,26,30)/t20-,21+,22+/m0/s1. The number of carbonyl (C=O) groups is 2. The van der Waals surface area contributed by atoms with Gasteiger partial charge in [-0.3, -0.25) is 4.79 Å². The molecule has 0 aromatic heterocycles. The van der Waals surface area contributed by atoms with Crippen LogP contribution in [0.1, 0.15) is 38.3 Å². The van der Waals surface area contributed by atoms with Crippen molar-refractivity contribution in [3.05, 3.63) is 71.8 Å². The fraction of sp³-hybridized carbons (Fsp3) is 0.440. The average Bonchev–Trinajstić information content (AvgIpc) is 3.07. The van der Waals surface area contributed by atoms with Gasteiger partial charge in [0.2, 0.25) is 5.91 Å². The van der Waals surface area contributed by atoms with Gasteiger partial charge in [0.25, 0.3) is 0 Å². The molecule has 0 aliphatic carbocycles. The van der Waals surface area contributed by atoms with Gasteiger partial charge in [-0.2, -0.15) is 0 Å². The molecular formula is C25H32N2O4. The van der Waals surface area contributed by atoms with E-state index >= 15 is 0 Å². The predicted octanol–water partition coefficient (Wildman–Crippen LogP) is 3.33. The van der Waals surface area contributed by atoms with Crippen molar-refractivity contribution in [1.29, 1.82) is 0 Å². The minimum atomic E-state index is -0.777. The lowest BCUT2D eigenvalue weighted by Gasteiger charge is -2.31. The molecule has 0 unspecified atom stereocenters. The van der Waals surface area contributed by atoms with Crippen LogP contribution >= 0.6 is 0 Å². The van der Waals surface area contributed by atoms with Gasteiger partial charge >= 0.3 is 6.09 Å². The van der Waals surface area contributed by atoms with Crippen molar-refractivity contribution in [2.75, 3.05) is 6.54 Å². The van der Waals surface area contributed by atoms with Gasteiger partial charge in [-0.1, -0.05) is 60.7 Å². The summed E-state index contributed by atoms with van der Waals surface area (Å²) in [6.45, 7) is 5.81. The summed E-state index contributed by atoms with van der Waals surface area (Å²) in [6.07, 6.45) is 0.222. The summed E-state index contributed by atoms with van der Waals surface area (Å²) in [5, 5.41) is 13.3. The summed E-state index contributed by atoms with van der Waals surface area (Å²) in [6, 6.07) is 18.3. The second-order valence-electron chi connectivity index (χ2n) is 9.03. The van der Waals surface area contributed by atoms with Crippen molar-refractivity contribution in [2.45, 2.75) is 63.8 Å². The van der Waals surface area contributed by atoms with E-state index in [1.54, 1.807) is 25.7 Å². The van der Waals surface area contributed by atoms with Gasteiger partial charge in [0, 0.05) is 13.0 Å². The monoisotopic (exact) mass is 424 g/mol. The molecule has 0 bridgehead atoms. The minimum absolute atomic E-state index is 0.202. The Morgan fingerprint density at radius 3 is 2.23 bits per heavy atom. The van der Waals surface area contributed by atoms with Crippen LogP contribution in [-0.2, 0) is 22.4 Å². The highest BCUT2D eigenvalue weighted by Gasteiger charge is 2.39. The molecule has 1 saturated heterocycles. The van der Waals surface area contributed by atoms with Crippen molar-refractivity contribution < 1.29 is 19.4 Å². The van der Waals surface area contributed by atoms with E-state index in [9.17, 15) is 14.7 Å². The van der Waals surface area contributed by atoms with Gasteiger partial charge in [0.15, 0.2) is 0 Å². The number of rotatable bonds is 6. The van der Waals surface area contributed by atoms with Crippen molar-refractivity contribution in [2.24, 2.45) is 0 Å². The van der Waals surface area contributed by atoms with Gasteiger partial charge in [0.1, 0.15) is 11.6 Å². The number of benzene rings is 2. The molecule has 1 aliphatic heterocycles. The zero-order valence-corrected chi connectivity index (χ0v) is 18.5. The summed E-state index contributed by atoms with van der Waals surface area (Å²) >= 11 is 0. The van der Waals surface area contributed by atoms with E-state index in [4.69, 9.17) is 4.74 Å². The summed E-state index contributed by atoms with van der Waals surface area (Å²) in [7, 11) is 0. The van der Waals surface area contributed by atoms with E-state index in [0.717, 1.165) is 11.1 Å². The Kier molecular flexibility index (Phi) is 7.33. The number of ether oxygens (including phenoxy) is 1. The molecule has 0 saturated carbocycles. The Morgan fingerprint density at radius 1 is 1.06 bits per heavy atom. The van der Waals surface area contributed by atoms with Crippen LogP contribution in [0.2, 0.25) is 0 Å². The Hall–Kier alpha value is -2.86. The van der Waals surface area contributed by atoms with Crippen LogP contribution < -0.4 is 5.32 Å². The molecule has 2 amide bonds. The average molecular weight is 425 g/mol. The number of amides is 2. The smallest absolute Gasteiger partial charge is 0.408 e. The molecule has 0 spiro atoms. The Labute approximate surface area is 184 Å². The molecule has 166 valence electrons. The van der Waals surface area contributed by atoms with Gasteiger partial charge in [-0.25, -0.2) is 4.79 Å². The van der Waals surface area contributed by atoms with Gasteiger partial charge < -0.3 is 20.1 Å². The molecule has 3 atom stereocenters. The quantitative estimate of drug-likeness (QED) is 0.746. The number of hydrogen-bond donors (Lipinski definition) is 2. The largest absolute Gasteiger partial charge is 0.444 e. The summed E-state index contributed by atoms with van der Waals surface area (Å²) in [5.41, 5.74) is 1.34. The zero-order chi connectivity index (χ0) is 22.4. The highest BCUT2D eigenvalue weighted by Crippen LogP contribution is 2.23. The van der Waals surface area contributed by atoms with E-state index in [0.29, 0.717) is 25.8 Å². The number of alkyl carbamates (subject to hydrolysis) is 1. The maximum atomic E-state index is 13.5. The van der Waals surface area contributed by atoms with Crippen LogP contribution in [0, 0.1) is 0 Å². The van der Waals surface area contributed by atoms with E-state index in [-0.39, 0.29) is 11.9 Å². The predicted molar refractivity (Wildman–Crippen MR) is 120 cm³/mol. The van der Waals surface area contributed by atoms with E-state index < -0.39 is 23.8 Å². The zero-order valence-electron chi connectivity index (χ0n) is 18.5. The van der Waals surface area contributed by atoms with Crippen molar-refractivity contribution in [3.63, 3.8) is 0 Å². The van der Waals surface area contributed by atoms with Crippen LogP contribution in [-0.4, -0.2) is 52.3 Å². The van der Waals surface area contributed by atoms with Crippen LogP contribution in [0.15, 0.2) is 60.7 Å². The van der Waals surface area contributed by atoms with E-state index in [2.05, 4.69) is 5.32 Å². The maximum absolute atomic E-state index is 13.5. The maximum Gasteiger partial charge on any atom is 0.408 e. The fourth-order valence-electron chi connectivity index (χ4n) is 3.91. The molecule has 2 aromatic carbocycles. The lowest BCUT2D eigenvalue weighted by Crippen LogP contribution is -2.53. The van der Waals surface area contributed by atoms with Crippen molar-refractivity contribution in [1.82, 2.24) is 10.2 Å². The van der Waals surface area contributed by atoms with Gasteiger partial charge in [-0.05, 0) is 44.7 Å². The first-order chi connectivity index (χ1) is 14.7. The normalized spacial score (nSPS) is 19.7. The molecule has 3 rings (SSSR count). The highest BCUT2D eigenvalue weighted by atomic mass is 16.6. The highest BCUT2D eigenvalue weighted by molar-refractivity contribution is 5.86. The van der Waals surface area contributed by atoms with E-state index in [1.807, 2.05) is 60.7 Å². The second-order valence-corrected chi connectivity index (χ2v) is 9.03. The van der Waals surface area contributed by atoms with Crippen LogP contribution in [0.5, 0.6) is 0 Å². The van der Waals surface area contributed by atoms with Crippen molar-refractivity contribution >= 4 is 12.0 Å². The number of hydrogen-bond acceptors (Lipinski definition) is 4. The third-order valence-corrected chi connectivity index (χ3v) is 5.35. The molecule has 1 fully saturated rings. The lowest BCUT2D eigenvalue weighted by atomic mass is 10.0. The topological polar surface area (TPSA) is 78.9 Å². The molecule has 2 aromatic rings. The number of likely N-dealkylation sites (tertiary alicyclic amines) is 1. The molecule has 6 heteroatoms. The SMILES string of the molecule is CC(C)(C)OC(=O)N[C@@H](Cc1ccccc1)C(=O)N1CC[C@@H](O)[C@H]1Cc1ccccc1. The second kappa shape index (κ2) is 9.96. The lowest BCUT2D eigenvalue weighted by molar-refractivity contribution is -0.135. The molecule has 1 aliphatic rings. The Morgan fingerprint density at radius 2 is 1.65 bits per heavy atom. The molecular weight excluding hydrogens is 392 g/mol. The Balaban J connectivity index is 1.79. The number of aliphatic hydroxyl groups excluding tert-OH is 1. The molecule has 6 nitrogen and oxygen atoms in total. The van der Waals surface area contributed by atoms with Gasteiger partial charge in [0.05, 0.1) is 12.1 Å². The number of aliphatic hydroxyl groups is 1. The Bertz CT molecular complexity index is 864. The third kappa shape index (κ3) is 6.56. The number of carbonyl (C=O) groups excluding carboxylic acids is 2. The van der Waals surface area contributed by atoms with E-state index in [1.165, 1.54) is 0 Å². The summed E-state index contributed by atoms with van der Waals surface area (Å²) in [5.74, 6) is -0.202. The minimum Gasteiger partial charge on any atom is -0.444 e. The van der Waals surface area contributed by atoms with Crippen LogP contribution in [0.25, 0.3) is 0 Å². The molecule has 1 heterocycles. The number of nitrogens with one attached hydrogen (secondary N) is 1. The summed E-state index contributed by atoms with van der Waals surface area (Å²) in [4.78, 5) is 27.7. The van der Waals surface area contributed by atoms with Gasteiger partial charge in [-0.15, -0.1) is 0 Å². The first-order valence-corrected chi connectivity index (χ1v) is 10.8. The fourth-order valence-corrected chi connectivity index (χ4v) is 3.91. The molecule has 31 heavy (non-hydrogen) atoms. The van der Waals surface area contributed by atoms with Crippen LogP contribution in [0.3, 0.4) is 0 Å². The first kappa shape index (κ1) is 22.8. The van der Waals surface area contributed by atoms with Crippen LogP contribution in [0.4, 0.5) is 4.79 Å². The summed E-state index contributed by atoms with van der Waals surface area (Å²) < 4.78 is 5.39. The molecule has 2 N–H and O–H groups in total. The van der Waals surface area contributed by atoms with Crippen molar-refractivity contribution in [3.8, 4) is 0 Å². The molecule has 0 radical (unpaired) electrons.